The summed E-state index contributed by atoms with van der Waals surface area (Å²) in [6.45, 7) is 6.01. The van der Waals surface area contributed by atoms with Crippen LogP contribution in [-0.2, 0) is 16.1 Å². The highest BCUT2D eigenvalue weighted by atomic mass is 16.6. The smallest absolute Gasteiger partial charge is 0.269 e. The third kappa shape index (κ3) is 3.73. The Morgan fingerprint density at radius 1 is 1.29 bits per heavy atom. The lowest BCUT2D eigenvalue weighted by Gasteiger charge is -2.48. The van der Waals surface area contributed by atoms with Gasteiger partial charge in [-0.2, -0.15) is 0 Å². The zero-order chi connectivity index (χ0) is 17.2. The zero-order valence-corrected chi connectivity index (χ0v) is 13.9. The molecule has 0 aliphatic carbocycles. The quantitative estimate of drug-likeness (QED) is 0.623. The Bertz CT molecular complexity index is 615. The van der Waals surface area contributed by atoms with Crippen molar-refractivity contribution in [3.63, 3.8) is 0 Å². The van der Waals surface area contributed by atoms with E-state index in [0.717, 1.165) is 38.0 Å². The number of amides is 1. The van der Waals surface area contributed by atoms with Crippen LogP contribution in [0.15, 0.2) is 24.3 Å². The van der Waals surface area contributed by atoms with E-state index in [0.29, 0.717) is 19.7 Å². The molecule has 1 spiro atoms. The van der Waals surface area contributed by atoms with Crippen molar-refractivity contribution in [1.29, 1.82) is 0 Å². The van der Waals surface area contributed by atoms with Crippen molar-refractivity contribution in [2.24, 2.45) is 0 Å². The minimum Gasteiger partial charge on any atom is -0.370 e. The molecule has 2 heterocycles. The number of carbonyl (C=O) groups excluding carboxylic acids is 1. The number of nitrogens with zero attached hydrogens (tertiary/aromatic N) is 3. The van der Waals surface area contributed by atoms with Gasteiger partial charge in [0.2, 0.25) is 5.91 Å². The van der Waals surface area contributed by atoms with Gasteiger partial charge in [-0.15, -0.1) is 0 Å². The Morgan fingerprint density at radius 2 is 2.04 bits per heavy atom. The molecule has 1 atom stereocenters. The third-order valence-electron chi connectivity index (χ3n) is 4.87. The maximum absolute atomic E-state index is 11.7. The number of non-ortho nitro benzene ring substituents is 1. The van der Waals surface area contributed by atoms with Crippen LogP contribution in [0, 0.1) is 10.1 Å². The highest BCUT2D eigenvalue weighted by Crippen LogP contribution is 2.30. The molecule has 24 heavy (non-hydrogen) atoms. The van der Waals surface area contributed by atoms with Crippen LogP contribution in [0.1, 0.15) is 25.3 Å². The summed E-state index contributed by atoms with van der Waals surface area (Å²) in [7, 11) is 0. The lowest BCUT2D eigenvalue weighted by molar-refractivity contribution is -0.384. The molecule has 2 saturated heterocycles. The minimum atomic E-state index is -0.383. The lowest BCUT2D eigenvalue weighted by Crippen LogP contribution is -2.60. The summed E-state index contributed by atoms with van der Waals surface area (Å²) in [5.41, 5.74) is 0.890. The molecule has 1 aromatic rings. The van der Waals surface area contributed by atoms with Gasteiger partial charge >= 0.3 is 0 Å². The number of nitro benzene ring substituents is 1. The van der Waals surface area contributed by atoms with Gasteiger partial charge in [-0.25, -0.2) is 0 Å². The molecule has 2 aliphatic heterocycles. The zero-order valence-electron chi connectivity index (χ0n) is 13.9. The van der Waals surface area contributed by atoms with E-state index in [1.807, 2.05) is 17.0 Å². The second kappa shape index (κ2) is 6.86. The summed E-state index contributed by atoms with van der Waals surface area (Å²) in [6, 6.07) is 6.71. The summed E-state index contributed by atoms with van der Waals surface area (Å²) < 4.78 is 6.08. The average Bonchev–Trinajstić information content (AvgIpc) is 2.55. The van der Waals surface area contributed by atoms with Gasteiger partial charge in [0.25, 0.3) is 5.69 Å². The number of morpholine rings is 1. The predicted octanol–water partition coefficient (Wildman–Crippen LogP) is 1.81. The third-order valence-corrected chi connectivity index (χ3v) is 4.87. The van der Waals surface area contributed by atoms with E-state index in [4.69, 9.17) is 4.74 Å². The first-order valence-corrected chi connectivity index (χ1v) is 8.33. The number of hydrogen-bond donors (Lipinski definition) is 0. The normalized spacial score (nSPS) is 25.0. The average molecular weight is 333 g/mol. The minimum absolute atomic E-state index is 0.102. The second-order valence-corrected chi connectivity index (χ2v) is 6.71. The number of benzene rings is 1. The van der Waals surface area contributed by atoms with Crippen LogP contribution >= 0.6 is 0 Å². The van der Waals surface area contributed by atoms with Crippen molar-refractivity contribution in [2.75, 3.05) is 32.8 Å². The van der Waals surface area contributed by atoms with Gasteiger partial charge in [0, 0.05) is 38.7 Å². The molecule has 130 valence electrons. The first kappa shape index (κ1) is 16.9. The Morgan fingerprint density at radius 3 is 2.71 bits per heavy atom. The van der Waals surface area contributed by atoms with Gasteiger partial charge < -0.3 is 9.64 Å². The first-order chi connectivity index (χ1) is 11.5. The summed E-state index contributed by atoms with van der Waals surface area (Å²) in [5.74, 6) is 0.102. The van der Waals surface area contributed by atoms with Crippen molar-refractivity contribution in [3.05, 3.63) is 39.9 Å². The van der Waals surface area contributed by atoms with Crippen molar-refractivity contribution >= 4 is 11.6 Å². The topological polar surface area (TPSA) is 75.9 Å². The van der Waals surface area contributed by atoms with E-state index in [1.165, 1.54) is 0 Å². The van der Waals surface area contributed by atoms with Crippen LogP contribution < -0.4 is 0 Å². The molecule has 1 amide bonds. The molecule has 7 nitrogen and oxygen atoms in total. The first-order valence-electron chi connectivity index (χ1n) is 8.33. The van der Waals surface area contributed by atoms with E-state index in [-0.39, 0.29) is 22.1 Å². The van der Waals surface area contributed by atoms with Crippen molar-refractivity contribution in [2.45, 2.75) is 31.9 Å². The summed E-state index contributed by atoms with van der Waals surface area (Å²) in [6.07, 6.45) is 1.99. The molecule has 0 radical (unpaired) electrons. The Kier molecular flexibility index (Phi) is 4.82. The summed E-state index contributed by atoms with van der Waals surface area (Å²) >= 11 is 0. The van der Waals surface area contributed by atoms with Gasteiger partial charge in [-0.3, -0.25) is 19.8 Å². The fourth-order valence-electron chi connectivity index (χ4n) is 3.67. The fraction of sp³-hybridized carbons (Fsp3) is 0.588. The molecule has 0 aromatic heterocycles. The number of carbonyl (C=O) groups is 1. The van der Waals surface area contributed by atoms with Crippen LogP contribution in [-0.4, -0.2) is 59.0 Å². The van der Waals surface area contributed by atoms with Crippen LogP contribution in [0.25, 0.3) is 0 Å². The maximum Gasteiger partial charge on any atom is 0.269 e. The molecule has 3 rings (SSSR count). The van der Waals surface area contributed by atoms with Crippen LogP contribution in [0.2, 0.25) is 0 Å². The summed E-state index contributed by atoms with van der Waals surface area (Å²) in [5, 5.41) is 10.7. The summed E-state index contributed by atoms with van der Waals surface area (Å²) in [4.78, 5) is 26.2. The van der Waals surface area contributed by atoms with E-state index >= 15 is 0 Å². The van der Waals surface area contributed by atoms with Crippen LogP contribution in [0.4, 0.5) is 5.69 Å². The molecular weight excluding hydrogens is 310 g/mol. The molecular formula is C17H23N3O4. The number of ether oxygens (including phenoxy) is 1. The predicted molar refractivity (Wildman–Crippen MR) is 88.5 cm³/mol. The molecule has 0 saturated carbocycles. The number of nitro groups is 1. The highest BCUT2D eigenvalue weighted by Gasteiger charge is 2.41. The molecule has 2 fully saturated rings. The van der Waals surface area contributed by atoms with Gasteiger partial charge in [0.1, 0.15) is 0 Å². The molecule has 0 N–H and O–H groups in total. The van der Waals surface area contributed by atoms with Crippen molar-refractivity contribution in [1.82, 2.24) is 9.80 Å². The van der Waals surface area contributed by atoms with Crippen molar-refractivity contribution < 1.29 is 14.5 Å². The molecule has 0 unspecified atom stereocenters. The monoisotopic (exact) mass is 333 g/mol. The Balaban J connectivity index is 1.65. The lowest BCUT2D eigenvalue weighted by atomic mass is 9.90. The Labute approximate surface area is 141 Å². The number of likely N-dealkylation sites (tertiary alicyclic amines) is 1. The molecule has 0 bridgehead atoms. The SMILES string of the molecule is CC(=O)N1CCO[C@@]2(CCCN(Cc3ccc([N+](=O)[O-])cc3)C2)C1. The standard InChI is InChI=1S/C17H23N3O4/c1-14(21)19-9-10-24-17(13-19)7-2-8-18(12-17)11-15-3-5-16(6-4-15)20(22)23/h3-6H,2,7-13H2,1H3/t17-/m1/s1. The largest absolute Gasteiger partial charge is 0.370 e. The van der Waals surface area contributed by atoms with Gasteiger partial charge in [-0.1, -0.05) is 12.1 Å². The van der Waals surface area contributed by atoms with Gasteiger partial charge in [0.05, 0.1) is 23.7 Å². The fourth-order valence-corrected chi connectivity index (χ4v) is 3.67. The Hall–Kier alpha value is -1.99. The number of hydrogen-bond acceptors (Lipinski definition) is 5. The van der Waals surface area contributed by atoms with Gasteiger partial charge in [0.15, 0.2) is 0 Å². The van der Waals surface area contributed by atoms with Gasteiger partial charge in [-0.05, 0) is 24.9 Å². The number of piperidine rings is 1. The van der Waals surface area contributed by atoms with Crippen molar-refractivity contribution in [3.8, 4) is 0 Å². The van der Waals surface area contributed by atoms with E-state index in [9.17, 15) is 14.9 Å². The highest BCUT2D eigenvalue weighted by molar-refractivity contribution is 5.73. The van der Waals surface area contributed by atoms with Crippen LogP contribution in [0.5, 0.6) is 0 Å². The number of rotatable bonds is 3. The molecule has 1 aromatic carbocycles. The van der Waals surface area contributed by atoms with Crippen LogP contribution in [0.3, 0.4) is 0 Å². The van der Waals surface area contributed by atoms with E-state index in [1.54, 1.807) is 19.1 Å². The molecule has 2 aliphatic rings. The second-order valence-electron chi connectivity index (χ2n) is 6.71. The van der Waals surface area contributed by atoms with E-state index < -0.39 is 0 Å². The molecule has 7 heteroatoms. The van der Waals surface area contributed by atoms with E-state index in [2.05, 4.69) is 4.90 Å². The maximum atomic E-state index is 11.7.